The predicted molar refractivity (Wildman–Crippen MR) is 83.4 cm³/mol. The number of carboxylic acids is 1. The van der Waals surface area contributed by atoms with E-state index in [0.717, 1.165) is 24.6 Å². The van der Waals surface area contributed by atoms with Crippen molar-refractivity contribution in [1.29, 1.82) is 0 Å². The van der Waals surface area contributed by atoms with E-state index in [9.17, 15) is 14.7 Å². The van der Waals surface area contributed by atoms with Crippen LogP contribution >= 0.6 is 11.8 Å². The molecule has 0 unspecified atom stereocenters. The number of carboxylic acid groups (broad SMARTS) is 1. The second-order valence-corrected chi connectivity index (χ2v) is 6.84. The van der Waals surface area contributed by atoms with Crippen LogP contribution in [0, 0.1) is 11.8 Å². The van der Waals surface area contributed by atoms with Crippen LogP contribution in [0.2, 0.25) is 0 Å². The highest BCUT2D eigenvalue weighted by Gasteiger charge is 2.28. The van der Waals surface area contributed by atoms with Crippen molar-refractivity contribution in [2.75, 3.05) is 5.75 Å². The van der Waals surface area contributed by atoms with Crippen LogP contribution in [0.5, 0.6) is 0 Å². The summed E-state index contributed by atoms with van der Waals surface area (Å²) < 4.78 is 0. The molecule has 120 valence electrons. The van der Waals surface area contributed by atoms with Gasteiger partial charge >= 0.3 is 0 Å². The van der Waals surface area contributed by atoms with Crippen molar-refractivity contribution in [2.45, 2.75) is 44.2 Å². The van der Waals surface area contributed by atoms with E-state index >= 15 is 0 Å². The molecule has 1 aromatic heterocycles. The van der Waals surface area contributed by atoms with Gasteiger partial charge in [-0.15, -0.1) is 0 Å². The SMILES string of the molecule is C[C@@H]1[C@H](C)CCC[C@H]1NC(=O)CSc1ncccc1C(=O)[O-]. The van der Waals surface area contributed by atoms with Gasteiger partial charge in [0.25, 0.3) is 0 Å². The van der Waals surface area contributed by atoms with E-state index in [-0.39, 0.29) is 23.3 Å². The van der Waals surface area contributed by atoms with Crippen LogP contribution in [-0.4, -0.2) is 28.7 Å². The number of carbonyl (C=O) groups excluding carboxylic acids is 2. The maximum Gasteiger partial charge on any atom is 0.230 e. The van der Waals surface area contributed by atoms with Crippen LogP contribution in [0.15, 0.2) is 23.4 Å². The van der Waals surface area contributed by atoms with E-state index < -0.39 is 5.97 Å². The lowest BCUT2D eigenvalue weighted by molar-refractivity contribution is -0.255. The number of aromatic carboxylic acids is 1. The molecule has 6 heteroatoms. The van der Waals surface area contributed by atoms with Crippen molar-refractivity contribution in [1.82, 2.24) is 10.3 Å². The predicted octanol–water partition coefficient (Wildman–Crippen LogP) is 1.48. The van der Waals surface area contributed by atoms with Crippen molar-refractivity contribution in [3.8, 4) is 0 Å². The van der Waals surface area contributed by atoms with Crippen LogP contribution in [0.1, 0.15) is 43.5 Å². The molecule has 1 aliphatic carbocycles. The van der Waals surface area contributed by atoms with E-state index in [4.69, 9.17) is 0 Å². The second-order valence-electron chi connectivity index (χ2n) is 5.87. The maximum atomic E-state index is 12.1. The Balaban J connectivity index is 1.89. The summed E-state index contributed by atoms with van der Waals surface area (Å²) in [6.45, 7) is 4.40. The number of thioether (sulfide) groups is 1. The topological polar surface area (TPSA) is 82.1 Å². The zero-order chi connectivity index (χ0) is 16.1. The molecule has 3 atom stereocenters. The minimum Gasteiger partial charge on any atom is -0.545 e. The third-order valence-electron chi connectivity index (χ3n) is 4.38. The van der Waals surface area contributed by atoms with Crippen molar-refractivity contribution in [3.05, 3.63) is 23.9 Å². The summed E-state index contributed by atoms with van der Waals surface area (Å²) in [7, 11) is 0. The Morgan fingerprint density at radius 2 is 2.18 bits per heavy atom. The summed E-state index contributed by atoms with van der Waals surface area (Å²) >= 11 is 1.13. The van der Waals surface area contributed by atoms with Crippen molar-refractivity contribution in [2.24, 2.45) is 11.8 Å². The average Bonchev–Trinajstić information content (AvgIpc) is 2.50. The number of nitrogens with one attached hydrogen (secondary N) is 1. The van der Waals surface area contributed by atoms with Crippen LogP contribution < -0.4 is 10.4 Å². The summed E-state index contributed by atoms with van der Waals surface area (Å²) in [5.41, 5.74) is 0.0277. The summed E-state index contributed by atoms with van der Waals surface area (Å²) in [5.74, 6) is -0.102. The number of hydrogen-bond acceptors (Lipinski definition) is 5. The average molecular weight is 321 g/mol. The van der Waals surface area contributed by atoms with Gasteiger partial charge in [0.15, 0.2) is 0 Å². The van der Waals surface area contributed by atoms with Crippen molar-refractivity contribution < 1.29 is 14.7 Å². The molecular formula is C16H21N2O3S-. The number of hydrogen-bond donors (Lipinski definition) is 1. The van der Waals surface area contributed by atoms with Gasteiger partial charge < -0.3 is 15.2 Å². The Bertz CT molecular complexity index is 550. The third kappa shape index (κ3) is 4.22. The van der Waals surface area contributed by atoms with Crippen LogP contribution in [-0.2, 0) is 4.79 Å². The fraction of sp³-hybridized carbons (Fsp3) is 0.562. The van der Waals surface area contributed by atoms with E-state index in [1.54, 1.807) is 6.07 Å². The standard InChI is InChI=1S/C16H22N2O3S/c1-10-5-3-7-13(11(10)2)18-14(19)9-22-15-12(16(20)21)6-4-8-17-15/h4,6,8,10-11,13H,3,5,7,9H2,1-2H3,(H,18,19)(H,20,21)/p-1/t10-,11-,13-/m1/s1. The third-order valence-corrected chi connectivity index (χ3v) is 5.39. The summed E-state index contributed by atoms with van der Waals surface area (Å²) in [6, 6.07) is 3.19. The molecule has 1 heterocycles. The lowest BCUT2D eigenvalue weighted by Gasteiger charge is -2.34. The highest BCUT2D eigenvalue weighted by atomic mass is 32.2. The Morgan fingerprint density at radius 3 is 2.91 bits per heavy atom. The normalized spacial score (nSPS) is 24.7. The number of amides is 1. The largest absolute Gasteiger partial charge is 0.545 e. The molecule has 1 fully saturated rings. The minimum atomic E-state index is -1.27. The molecule has 1 amide bonds. The van der Waals surface area contributed by atoms with Crippen LogP contribution in [0.3, 0.4) is 0 Å². The van der Waals surface area contributed by atoms with Gasteiger partial charge in [0, 0.05) is 17.8 Å². The smallest absolute Gasteiger partial charge is 0.230 e. The van der Waals surface area contributed by atoms with Gasteiger partial charge in [0.1, 0.15) is 5.03 Å². The Hall–Kier alpha value is -1.56. The van der Waals surface area contributed by atoms with E-state index in [2.05, 4.69) is 24.1 Å². The molecule has 0 aliphatic heterocycles. The first-order chi connectivity index (χ1) is 10.5. The molecule has 0 aromatic carbocycles. The van der Waals surface area contributed by atoms with Crippen molar-refractivity contribution in [3.63, 3.8) is 0 Å². The van der Waals surface area contributed by atoms with Crippen LogP contribution in [0.25, 0.3) is 0 Å². The monoisotopic (exact) mass is 321 g/mol. The van der Waals surface area contributed by atoms with Crippen molar-refractivity contribution >= 4 is 23.6 Å². The van der Waals surface area contributed by atoms with E-state index in [1.165, 1.54) is 18.7 Å². The van der Waals surface area contributed by atoms with Gasteiger partial charge in [-0.2, -0.15) is 0 Å². The van der Waals surface area contributed by atoms with Gasteiger partial charge in [-0.1, -0.05) is 38.5 Å². The van der Waals surface area contributed by atoms with E-state index in [1.807, 2.05) is 0 Å². The molecule has 1 aromatic rings. The van der Waals surface area contributed by atoms with Crippen LogP contribution in [0.4, 0.5) is 0 Å². The number of rotatable bonds is 5. The lowest BCUT2D eigenvalue weighted by Crippen LogP contribution is -2.44. The number of nitrogens with zero attached hydrogens (tertiary/aromatic N) is 1. The summed E-state index contributed by atoms with van der Waals surface area (Å²) in [6.07, 6.45) is 4.87. The Kier molecular flexibility index (Phi) is 5.83. The van der Waals surface area contributed by atoms with Gasteiger partial charge in [-0.05, 0) is 30.4 Å². The summed E-state index contributed by atoms with van der Waals surface area (Å²) in [5, 5.41) is 14.4. The van der Waals surface area contributed by atoms with E-state index in [0.29, 0.717) is 16.9 Å². The molecule has 0 bridgehead atoms. The number of carbonyl (C=O) groups is 2. The lowest BCUT2D eigenvalue weighted by atomic mass is 9.78. The van der Waals surface area contributed by atoms with Gasteiger partial charge in [0.05, 0.1) is 11.7 Å². The van der Waals surface area contributed by atoms with Gasteiger partial charge in [-0.25, -0.2) is 4.98 Å². The molecule has 2 rings (SSSR count). The minimum absolute atomic E-state index is 0.0277. The van der Waals surface area contributed by atoms with Gasteiger partial charge in [-0.3, -0.25) is 4.79 Å². The highest BCUT2D eigenvalue weighted by Crippen LogP contribution is 2.29. The Labute approximate surface area is 134 Å². The zero-order valence-corrected chi connectivity index (χ0v) is 13.7. The van der Waals surface area contributed by atoms with Gasteiger partial charge in [0.2, 0.25) is 5.91 Å². The molecule has 0 spiro atoms. The molecule has 5 nitrogen and oxygen atoms in total. The Morgan fingerprint density at radius 1 is 1.41 bits per heavy atom. The molecule has 22 heavy (non-hydrogen) atoms. The number of aromatic nitrogens is 1. The second kappa shape index (κ2) is 7.63. The number of pyridine rings is 1. The quantitative estimate of drug-likeness (QED) is 0.831. The summed E-state index contributed by atoms with van der Waals surface area (Å²) in [4.78, 5) is 27.1. The fourth-order valence-corrected chi connectivity index (χ4v) is 3.62. The molecule has 1 N–H and O–H groups in total. The zero-order valence-electron chi connectivity index (χ0n) is 12.9. The first kappa shape index (κ1) is 16.8. The molecule has 1 saturated carbocycles. The first-order valence-corrected chi connectivity index (χ1v) is 8.56. The first-order valence-electron chi connectivity index (χ1n) is 7.57. The molecule has 0 radical (unpaired) electrons. The molecule has 0 saturated heterocycles. The molecular weight excluding hydrogens is 300 g/mol. The fourth-order valence-electron chi connectivity index (χ4n) is 2.83. The molecule has 1 aliphatic rings. The highest BCUT2D eigenvalue weighted by molar-refractivity contribution is 8.00. The maximum absolute atomic E-state index is 12.1.